The number of benzene rings is 3. The van der Waals surface area contributed by atoms with Gasteiger partial charge in [-0.1, -0.05) is 37.3 Å². The second kappa shape index (κ2) is 12.1. The number of aryl methyl sites for hydroxylation is 3. The third-order valence-electron chi connectivity index (χ3n) is 5.15. The lowest BCUT2D eigenvalue weighted by molar-refractivity contribution is -0.136. The summed E-state index contributed by atoms with van der Waals surface area (Å²) in [5, 5.41) is 9.25. The van der Waals surface area contributed by atoms with Crippen LogP contribution < -0.4 is 20.8 Å². The van der Waals surface area contributed by atoms with E-state index in [9.17, 15) is 14.4 Å². The van der Waals surface area contributed by atoms with Gasteiger partial charge in [0.25, 0.3) is 5.91 Å². The maximum Gasteiger partial charge on any atom is 0.329 e. The van der Waals surface area contributed by atoms with Crippen molar-refractivity contribution in [2.45, 2.75) is 27.2 Å². The normalized spacial score (nSPS) is 10.6. The fourth-order valence-corrected chi connectivity index (χ4v) is 3.20. The van der Waals surface area contributed by atoms with Crippen LogP contribution in [-0.4, -0.2) is 30.5 Å². The zero-order valence-corrected chi connectivity index (χ0v) is 19.9. The largest absolute Gasteiger partial charge is 0.484 e. The first-order valence-corrected chi connectivity index (χ1v) is 11.2. The summed E-state index contributed by atoms with van der Waals surface area (Å²) < 4.78 is 5.54. The molecule has 0 aliphatic heterocycles. The minimum atomic E-state index is -0.873. The van der Waals surface area contributed by atoms with Crippen molar-refractivity contribution in [3.8, 4) is 5.75 Å². The topological polar surface area (TPSA) is 109 Å². The van der Waals surface area contributed by atoms with Gasteiger partial charge < -0.3 is 15.4 Å². The van der Waals surface area contributed by atoms with Gasteiger partial charge in [0, 0.05) is 11.4 Å². The minimum Gasteiger partial charge on any atom is -0.484 e. The maximum absolute atomic E-state index is 12.2. The summed E-state index contributed by atoms with van der Waals surface area (Å²) in [5.41, 5.74) is 7.20. The average Bonchev–Trinajstić information content (AvgIpc) is 2.86. The van der Waals surface area contributed by atoms with Crippen LogP contribution >= 0.6 is 0 Å². The lowest BCUT2D eigenvalue weighted by Crippen LogP contribution is -2.32. The van der Waals surface area contributed by atoms with Crippen molar-refractivity contribution < 1.29 is 19.1 Å². The Labute approximate surface area is 204 Å². The van der Waals surface area contributed by atoms with Gasteiger partial charge in [0.05, 0.1) is 6.21 Å². The SMILES string of the molecule is CCc1ccccc1NC(=O)C(=O)N/N=C\c1ccc(OCC(=O)Nc2cc(C)ccc2C)cc1. The second-order valence-corrected chi connectivity index (χ2v) is 7.89. The van der Waals surface area contributed by atoms with Gasteiger partial charge in [0.15, 0.2) is 6.61 Å². The van der Waals surface area contributed by atoms with Crippen molar-refractivity contribution >= 4 is 35.3 Å². The Hall–Kier alpha value is -4.46. The van der Waals surface area contributed by atoms with E-state index in [1.165, 1.54) is 6.21 Å². The molecule has 3 aromatic carbocycles. The van der Waals surface area contributed by atoms with Gasteiger partial charge >= 0.3 is 11.8 Å². The number of hydrogen-bond acceptors (Lipinski definition) is 5. The van der Waals surface area contributed by atoms with Gasteiger partial charge in [-0.25, -0.2) is 5.43 Å². The molecular formula is C27H28N4O4. The molecule has 0 unspecified atom stereocenters. The molecule has 180 valence electrons. The Kier molecular flexibility index (Phi) is 8.72. The first-order valence-electron chi connectivity index (χ1n) is 11.2. The third-order valence-corrected chi connectivity index (χ3v) is 5.15. The van der Waals surface area contributed by atoms with E-state index in [-0.39, 0.29) is 12.5 Å². The molecule has 0 heterocycles. The first kappa shape index (κ1) is 25.2. The van der Waals surface area contributed by atoms with E-state index in [4.69, 9.17) is 4.74 Å². The molecule has 0 radical (unpaired) electrons. The van der Waals surface area contributed by atoms with Crippen molar-refractivity contribution in [3.05, 3.63) is 89.0 Å². The third kappa shape index (κ3) is 7.53. The monoisotopic (exact) mass is 472 g/mol. The molecule has 0 fully saturated rings. The van der Waals surface area contributed by atoms with Crippen LogP contribution in [0.4, 0.5) is 11.4 Å². The molecule has 0 aliphatic rings. The highest BCUT2D eigenvalue weighted by Gasteiger charge is 2.14. The second-order valence-electron chi connectivity index (χ2n) is 7.89. The van der Waals surface area contributed by atoms with Gasteiger partial charge in [-0.15, -0.1) is 0 Å². The van der Waals surface area contributed by atoms with Crippen LogP contribution in [0.3, 0.4) is 0 Å². The van der Waals surface area contributed by atoms with Crippen LogP contribution in [-0.2, 0) is 20.8 Å². The number of ether oxygens (including phenoxy) is 1. The van der Waals surface area contributed by atoms with E-state index in [1.807, 2.05) is 51.1 Å². The lowest BCUT2D eigenvalue weighted by atomic mass is 10.1. The van der Waals surface area contributed by atoms with Crippen molar-refractivity contribution in [2.75, 3.05) is 17.2 Å². The zero-order chi connectivity index (χ0) is 25.2. The van der Waals surface area contributed by atoms with Gasteiger partial charge in [-0.3, -0.25) is 14.4 Å². The molecule has 3 aromatic rings. The van der Waals surface area contributed by atoms with Crippen LogP contribution in [0, 0.1) is 13.8 Å². The Morgan fingerprint density at radius 2 is 1.63 bits per heavy atom. The van der Waals surface area contributed by atoms with Crippen molar-refractivity contribution in [3.63, 3.8) is 0 Å². The van der Waals surface area contributed by atoms with Gasteiger partial charge in [-0.2, -0.15) is 5.10 Å². The lowest BCUT2D eigenvalue weighted by Gasteiger charge is -2.10. The Morgan fingerprint density at radius 3 is 2.37 bits per heavy atom. The molecule has 0 atom stereocenters. The number of nitrogens with zero attached hydrogens (tertiary/aromatic N) is 1. The number of amides is 3. The predicted octanol–water partition coefficient (Wildman–Crippen LogP) is 3.97. The highest BCUT2D eigenvalue weighted by molar-refractivity contribution is 6.39. The number of hydrazone groups is 1. The summed E-state index contributed by atoms with van der Waals surface area (Å²) >= 11 is 0. The molecule has 0 spiro atoms. The molecular weight excluding hydrogens is 444 g/mol. The minimum absolute atomic E-state index is 0.132. The molecule has 3 rings (SSSR count). The van der Waals surface area contributed by atoms with Crippen LogP contribution in [0.2, 0.25) is 0 Å². The number of anilines is 2. The van der Waals surface area contributed by atoms with E-state index in [2.05, 4.69) is 21.2 Å². The number of nitrogens with one attached hydrogen (secondary N) is 3. The standard InChI is InChI=1S/C27H28N4O4/c1-4-21-7-5-6-8-23(21)30-26(33)27(34)31-28-16-20-11-13-22(14-12-20)35-17-25(32)29-24-15-18(2)9-10-19(24)3/h5-16H,4,17H2,1-3H3,(H,29,32)(H,30,33)(H,31,34)/b28-16-. The summed E-state index contributed by atoms with van der Waals surface area (Å²) in [6.45, 7) is 5.72. The summed E-state index contributed by atoms with van der Waals surface area (Å²) in [6.07, 6.45) is 2.13. The van der Waals surface area contributed by atoms with E-state index < -0.39 is 11.8 Å². The molecule has 3 amide bonds. The van der Waals surface area contributed by atoms with Crippen LogP contribution in [0.5, 0.6) is 5.75 Å². The first-order chi connectivity index (χ1) is 16.9. The van der Waals surface area contributed by atoms with Crippen molar-refractivity contribution in [2.24, 2.45) is 5.10 Å². The Morgan fingerprint density at radius 1 is 0.886 bits per heavy atom. The summed E-state index contributed by atoms with van der Waals surface area (Å²) in [7, 11) is 0. The highest BCUT2D eigenvalue weighted by Crippen LogP contribution is 2.17. The Bertz CT molecular complexity index is 1240. The van der Waals surface area contributed by atoms with E-state index >= 15 is 0 Å². The van der Waals surface area contributed by atoms with Crippen molar-refractivity contribution in [1.29, 1.82) is 0 Å². The summed E-state index contributed by atoms with van der Waals surface area (Å²) in [6, 6.07) is 19.9. The smallest absolute Gasteiger partial charge is 0.329 e. The van der Waals surface area contributed by atoms with E-state index in [1.54, 1.807) is 36.4 Å². The summed E-state index contributed by atoms with van der Waals surface area (Å²) in [4.78, 5) is 36.3. The molecule has 8 nitrogen and oxygen atoms in total. The van der Waals surface area contributed by atoms with E-state index in [0.29, 0.717) is 17.0 Å². The molecule has 0 saturated carbocycles. The average molecular weight is 473 g/mol. The van der Waals surface area contributed by atoms with Gasteiger partial charge in [0.2, 0.25) is 0 Å². The van der Waals surface area contributed by atoms with Crippen LogP contribution in [0.15, 0.2) is 71.8 Å². The van der Waals surface area contributed by atoms with Crippen LogP contribution in [0.25, 0.3) is 0 Å². The predicted molar refractivity (Wildman–Crippen MR) is 137 cm³/mol. The van der Waals surface area contributed by atoms with Gasteiger partial charge in [-0.05, 0) is 78.9 Å². The molecule has 0 bridgehead atoms. The fourth-order valence-electron chi connectivity index (χ4n) is 3.20. The highest BCUT2D eigenvalue weighted by atomic mass is 16.5. The number of rotatable bonds is 8. The molecule has 8 heteroatoms. The number of para-hydroxylation sites is 1. The molecule has 35 heavy (non-hydrogen) atoms. The molecule has 0 aromatic heterocycles. The Balaban J connectivity index is 1.45. The summed E-state index contributed by atoms with van der Waals surface area (Å²) in [5.74, 6) is -1.42. The molecule has 3 N–H and O–H groups in total. The number of carbonyl (C=O) groups excluding carboxylic acids is 3. The quantitative estimate of drug-likeness (QED) is 0.262. The number of carbonyl (C=O) groups is 3. The molecule has 0 aliphatic carbocycles. The van der Waals surface area contributed by atoms with Crippen LogP contribution in [0.1, 0.15) is 29.2 Å². The van der Waals surface area contributed by atoms with E-state index in [0.717, 1.165) is 28.8 Å². The molecule has 0 saturated heterocycles. The van der Waals surface area contributed by atoms with Crippen molar-refractivity contribution in [1.82, 2.24) is 5.43 Å². The fraction of sp³-hybridized carbons (Fsp3) is 0.185. The van der Waals surface area contributed by atoms with Gasteiger partial charge in [0.1, 0.15) is 5.75 Å². The zero-order valence-electron chi connectivity index (χ0n) is 19.9. The maximum atomic E-state index is 12.2. The number of hydrogen-bond donors (Lipinski definition) is 3.